The quantitative estimate of drug-likeness (QED) is 0.358. The van der Waals surface area contributed by atoms with E-state index in [0.717, 1.165) is 41.0 Å². The lowest BCUT2D eigenvalue weighted by Gasteiger charge is -2.14. The van der Waals surface area contributed by atoms with Gasteiger partial charge in [0.25, 0.3) is 5.91 Å². The standard InChI is InChI=1S/C21H20N2O4S4/c1-2-27-20(26)17-13-7-3-4-8-14(13)30-18(17)22-16(24)11-23-19(25)15(31-21(23)28)10-12-6-5-9-29-12/h5-6,9-10H,2-4,7-8,11H2,1H3,(H,22,24). The molecule has 2 aromatic rings. The van der Waals surface area contributed by atoms with Crippen molar-refractivity contribution in [2.75, 3.05) is 18.5 Å². The van der Waals surface area contributed by atoms with E-state index in [4.69, 9.17) is 17.0 Å². The van der Waals surface area contributed by atoms with Gasteiger partial charge in [-0.15, -0.1) is 22.7 Å². The molecule has 1 aliphatic carbocycles. The molecule has 6 nitrogen and oxygen atoms in total. The first-order valence-corrected chi connectivity index (χ1v) is 12.8. The number of ether oxygens (including phenoxy) is 1. The number of nitrogens with zero attached hydrogens (tertiary/aromatic N) is 1. The molecule has 1 N–H and O–H groups in total. The minimum Gasteiger partial charge on any atom is -0.462 e. The van der Waals surface area contributed by atoms with Crippen LogP contribution in [0.2, 0.25) is 0 Å². The van der Waals surface area contributed by atoms with E-state index in [-0.39, 0.29) is 19.1 Å². The second-order valence-electron chi connectivity index (χ2n) is 6.97. The second-order valence-corrected chi connectivity index (χ2v) is 10.7. The van der Waals surface area contributed by atoms with E-state index in [1.807, 2.05) is 17.5 Å². The minimum absolute atomic E-state index is 0.197. The third-order valence-electron chi connectivity index (χ3n) is 4.90. The van der Waals surface area contributed by atoms with Gasteiger partial charge in [-0.25, -0.2) is 4.79 Å². The van der Waals surface area contributed by atoms with E-state index < -0.39 is 11.9 Å². The van der Waals surface area contributed by atoms with Crippen molar-refractivity contribution in [3.05, 3.63) is 43.3 Å². The van der Waals surface area contributed by atoms with Gasteiger partial charge in [0.1, 0.15) is 15.9 Å². The molecule has 0 unspecified atom stereocenters. The van der Waals surface area contributed by atoms with Crippen LogP contribution in [0.5, 0.6) is 0 Å². The molecule has 0 saturated carbocycles. The second kappa shape index (κ2) is 9.64. The van der Waals surface area contributed by atoms with E-state index in [0.29, 0.717) is 19.8 Å². The summed E-state index contributed by atoms with van der Waals surface area (Å²) in [4.78, 5) is 42.0. The molecule has 0 atom stereocenters. The Bertz CT molecular complexity index is 1070. The lowest BCUT2D eigenvalue weighted by atomic mass is 9.95. The van der Waals surface area contributed by atoms with Gasteiger partial charge in [-0.05, 0) is 55.7 Å². The Kier molecular flexibility index (Phi) is 6.90. The SMILES string of the molecule is CCOC(=O)c1c(NC(=O)CN2C(=O)C(=Cc3cccs3)SC2=S)sc2c1CCCC2. The fourth-order valence-corrected chi connectivity index (χ4v) is 6.79. The Morgan fingerprint density at radius 2 is 2.13 bits per heavy atom. The zero-order valence-corrected chi connectivity index (χ0v) is 20.0. The fraction of sp³-hybridized carbons (Fsp3) is 0.333. The molecule has 162 valence electrons. The number of anilines is 1. The highest BCUT2D eigenvalue weighted by Gasteiger charge is 2.34. The van der Waals surface area contributed by atoms with Gasteiger partial charge >= 0.3 is 5.97 Å². The van der Waals surface area contributed by atoms with Crippen LogP contribution in [0.25, 0.3) is 6.08 Å². The van der Waals surface area contributed by atoms with Crippen molar-refractivity contribution in [3.8, 4) is 0 Å². The number of hydrogen-bond donors (Lipinski definition) is 1. The summed E-state index contributed by atoms with van der Waals surface area (Å²) in [5.74, 6) is -1.09. The Balaban J connectivity index is 1.50. The summed E-state index contributed by atoms with van der Waals surface area (Å²) < 4.78 is 5.57. The van der Waals surface area contributed by atoms with Crippen LogP contribution in [0.3, 0.4) is 0 Å². The zero-order chi connectivity index (χ0) is 22.0. The number of amides is 2. The van der Waals surface area contributed by atoms with Gasteiger partial charge < -0.3 is 10.1 Å². The Morgan fingerprint density at radius 3 is 2.87 bits per heavy atom. The molecule has 2 aliphatic rings. The molecule has 0 aromatic carbocycles. The molecule has 1 saturated heterocycles. The average Bonchev–Trinajstić information content (AvgIpc) is 3.43. The molecule has 1 fully saturated rings. The van der Waals surface area contributed by atoms with Gasteiger partial charge in [-0.1, -0.05) is 30.0 Å². The molecular formula is C21H20N2O4S4. The molecule has 0 radical (unpaired) electrons. The normalized spacial score (nSPS) is 17.2. The van der Waals surface area contributed by atoms with Gasteiger partial charge in [0.15, 0.2) is 0 Å². The number of thioether (sulfide) groups is 1. The third-order valence-corrected chi connectivity index (χ3v) is 8.30. The summed E-state index contributed by atoms with van der Waals surface area (Å²) >= 11 is 9.46. The number of aryl methyl sites for hydroxylation is 1. The van der Waals surface area contributed by atoms with Crippen LogP contribution in [-0.2, 0) is 27.2 Å². The van der Waals surface area contributed by atoms with Crippen molar-refractivity contribution in [3.63, 3.8) is 0 Å². The van der Waals surface area contributed by atoms with E-state index >= 15 is 0 Å². The van der Waals surface area contributed by atoms with Gasteiger partial charge in [-0.3, -0.25) is 14.5 Å². The number of thiophene rings is 2. The smallest absolute Gasteiger partial charge is 0.341 e. The van der Waals surface area contributed by atoms with Crippen LogP contribution >= 0.6 is 46.7 Å². The van der Waals surface area contributed by atoms with Crippen molar-refractivity contribution < 1.29 is 19.1 Å². The highest BCUT2D eigenvalue weighted by atomic mass is 32.2. The van der Waals surface area contributed by atoms with Crippen molar-refractivity contribution in [2.24, 2.45) is 0 Å². The summed E-state index contributed by atoms with van der Waals surface area (Å²) in [5, 5.41) is 5.26. The van der Waals surface area contributed by atoms with Crippen molar-refractivity contribution in [1.82, 2.24) is 4.90 Å². The summed E-state index contributed by atoms with van der Waals surface area (Å²) in [6.45, 7) is 1.83. The van der Waals surface area contributed by atoms with E-state index in [1.165, 1.54) is 39.3 Å². The largest absolute Gasteiger partial charge is 0.462 e. The maximum Gasteiger partial charge on any atom is 0.341 e. The molecule has 2 aromatic heterocycles. The van der Waals surface area contributed by atoms with Gasteiger partial charge in [0.2, 0.25) is 5.91 Å². The van der Waals surface area contributed by atoms with Gasteiger partial charge in [-0.2, -0.15) is 0 Å². The van der Waals surface area contributed by atoms with Crippen LogP contribution < -0.4 is 5.32 Å². The molecule has 31 heavy (non-hydrogen) atoms. The van der Waals surface area contributed by atoms with Crippen LogP contribution in [-0.4, -0.2) is 40.2 Å². The zero-order valence-electron chi connectivity index (χ0n) is 16.8. The number of carbonyl (C=O) groups is 3. The summed E-state index contributed by atoms with van der Waals surface area (Å²) in [7, 11) is 0. The summed E-state index contributed by atoms with van der Waals surface area (Å²) in [6.07, 6.45) is 5.56. The molecule has 0 spiro atoms. The van der Waals surface area contributed by atoms with Gasteiger partial charge in [0.05, 0.1) is 17.1 Å². The van der Waals surface area contributed by atoms with Crippen LogP contribution in [0.15, 0.2) is 22.4 Å². The molecule has 3 heterocycles. The number of carbonyl (C=O) groups excluding carboxylic acids is 3. The van der Waals surface area contributed by atoms with Crippen LogP contribution in [0.1, 0.15) is 45.4 Å². The summed E-state index contributed by atoms with van der Waals surface area (Å²) in [5.41, 5.74) is 1.44. The minimum atomic E-state index is -0.415. The van der Waals surface area contributed by atoms with Crippen LogP contribution in [0.4, 0.5) is 5.00 Å². The Labute approximate surface area is 197 Å². The molecule has 4 rings (SSSR count). The molecule has 1 aliphatic heterocycles. The monoisotopic (exact) mass is 492 g/mol. The number of fused-ring (bicyclic) bond motifs is 1. The first-order valence-electron chi connectivity index (χ1n) is 9.88. The molecule has 2 amide bonds. The lowest BCUT2D eigenvalue weighted by Crippen LogP contribution is -2.36. The molecule has 0 bridgehead atoms. The number of rotatable bonds is 6. The number of hydrogen-bond acceptors (Lipinski definition) is 8. The van der Waals surface area contributed by atoms with Gasteiger partial charge in [0, 0.05) is 9.75 Å². The maximum absolute atomic E-state index is 12.8. The number of esters is 1. The first kappa shape index (κ1) is 22.2. The number of thiocarbonyl (C=S) groups is 1. The topological polar surface area (TPSA) is 75.7 Å². The van der Waals surface area contributed by atoms with E-state index in [1.54, 1.807) is 13.0 Å². The van der Waals surface area contributed by atoms with Crippen LogP contribution in [0, 0.1) is 0 Å². The predicted molar refractivity (Wildman–Crippen MR) is 130 cm³/mol. The van der Waals surface area contributed by atoms with E-state index in [2.05, 4.69) is 5.32 Å². The van der Waals surface area contributed by atoms with Crippen molar-refractivity contribution in [2.45, 2.75) is 32.6 Å². The maximum atomic E-state index is 12.8. The molecular weight excluding hydrogens is 473 g/mol. The third kappa shape index (κ3) is 4.77. The highest BCUT2D eigenvalue weighted by molar-refractivity contribution is 8.26. The van der Waals surface area contributed by atoms with Crippen molar-refractivity contribution >= 4 is 79.8 Å². The predicted octanol–water partition coefficient (Wildman–Crippen LogP) is 4.71. The Morgan fingerprint density at radius 1 is 1.32 bits per heavy atom. The van der Waals surface area contributed by atoms with Crippen molar-refractivity contribution in [1.29, 1.82) is 0 Å². The lowest BCUT2D eigenvalue weighted by molar-refractivity contribution is -0.126. The Hall–Kier alpha value is -2.01. The summed E-state index contributed by atoms with van der Waals surface area (Å²) in [6, 6.07) is 3.83. The fourth-order valence-electron chi connectivity index (χ4n) is 3.52. The first-order chi connectivity index (χ1) is 15.0. The van der Waals surface area contributed by atoms with E-state index in [9.17, 15) is 14.4 Å². The number of nitrogens with one attached hydrogen (secondary N) is 1. The highest BCUT2D eigenvalue weighted by Crippen LogP contribution is 2.39. The molecule has 10 heteroatoms. The average molecular weight is 493 g/mol.